The second-order valence-electron chi connectivity index (χ2n) is 6.23. The van der Waals surface area contributed by atoms with Crippen molar-refractivity contribution in [1.82, 2.24) is 30.0 Å². The van der Waals surface area contributed by atoms with Crippen molar-refractivity contribution in [3.8, 4) is 11.7 Å². The third-order valence-corrected chi connectivity index (χ3v) is 4.34. The fourth-order valence-electron chi connectivity index (χ4n) is 2.90. The summed E-state index contributed by atoms with van der Waals surface area (Å²) >= 11 is 0. The molecule has 0 bridgehead atoms. The number of carbonyl (C=O) groups excluding carboxylic acids is 1. The van der Waals surface area contributed by atoms with E-state index in [0.717, 1.165) is 12.0 Å². The minimum atomic E-state index is -0.423. The Kier molecular flexibility index (Phi) is 5.83. The van der Waals surface area contributed by atoms with Gasteiger partial charge in [-0.2, -0.15) is 9.78 Å². The lowest BCUT2D eigenvalue weighted by Gasteiger charge is -2.17. The summed E-state index contributed by atoms with van der Waals surface area (Å²) in [4.78, 5) is 25.1. The Morgan fingerprint density at radius 2 is 2.00 bits per heavy atom. The van der Waals surface area contributed by atoms with Crippen molar-refractivity contribution in [1.29, 1.82) is 0 Å². The zero-order valence-corrected chi connectivity index (χ0v) is 16.3. The molecule has 0 spiro atoms. The van der Waals surface area contributed by atoms with Crippen LogP contribution in [0.3, 0.4) is 0 Å². The van der Waals surface area contributed by atoms with Crippen LogP contribution in [0.25, 0.3) is 5.95 Å². The number of hydrogen-bond acceptors (Lipinski definition) is 6. The first-order valence-corrected chi connectivity index (χ1v) is 8.95. The Morgan fingerprint density at radius 1 is 1.25 bits per heavy atom. The van der Waals surface area contributed by atoms with E-state index in [0.29, 0.717) is 23.2 Å². The van der Waals surface area contributed by atoms with Crippen molar-refractivity contribution in [3.63, 3.8) is 0 Å². The number of carbonyl (C=O) groups is 1. The predicted molar refractivity (Wildman–Crippen MR) is 105 cm³/mol. The van der Waals surface area contributed by atoms with Crippen molar-refractivity contribution in [2.45, 2.75) is 33.2 Å². The first-order valence-electron chi connectivity index (χ1n) is 8.95. The molecule has 9 nitrogen and oxygen atoms in total. The van der Waals surface area contributed by atoms with E-state index in [1.54, 1.807) is 25.6 Å². The summed E-state index contributed by atoms with van der Waals surface area (Å²) in [7, 11) is 1.58. The van der Waals surface area contributed by atoms with E-state index >= 15 is 0 Å². The maximum absolute atomic E-state index is 12.5. The molecule has 0 aliphatic rings. The minimum absolute atomic E-state index is 0.377. The van der Waals surface area contributed by atoms with Crippen molar-refractivity contribution < 1.29 is 9.53 Å². The number of aromatic nitrogens is 5. The number of ether oxygens (including phenoxy) is 1. The van der Waals surface area contributed by atoms with Crippen molar-refractivity contribution in [2.24, 2.45) is 0 Å². The lowest BCUT2D eigenvalue weighted by atomic mass is 10.0. The Bertz CT molecular complexity index is 956. The molecule has 0 radical (unpaired) electrons. The van der Waals surface area contributed by atoms with Gasteiger partial charge >= 0.3 is 6.03 Å². The largest absolute Gasteiger partial charge is 0.495 e. The van der Waals surface area contributed by atoms with Crippen LogP contribution in [-0.2, 0) is 6.42 Å². The number of nitrogens with zero attached hydrogens (tertiary/aromatic N) is 5. The van der Waals surface area contributed by atoms with Crippen LogP contribution in [0.4, 0.5) is 10.5 Å². The maximum atomic E-state index is 12.5. The van der Waals surface area contributed by atoms with Gasteiger partial charge in [0.2, 0.25) is 0 Å². The topological polar surface area (TPSA) is 107 Å². The molecule has 28 heavy (non-hydrogen) atoms. The van der Waals surface area contributed by atoms with E-state index < -0.39 is 6.04 Å². The molecule has 0 saturated heterocycles. The van der Waals surface area contributed by atoms with Gasteiger partial charge in [-0.25, -0.2) is 19.7 Å². The van der Waals surface area contributed by atoms with Crippen molar-refractivity contribution in [2.75, 3.05) is 12.4 Å². The number of amides is 2. The number of hydrogen-bond donors (Lipinski definition) is 2. The molecule has 2 heterocycles. The minimum Gasteiger partial charge on any atom is -0.495 e. The van der Waals surface area contributed by atoms with Gasteiger partial charge in [0.05, 0.1) is 18.8 Å². The van der Waals surface area contributed by atoms with Gasteiger partial charge in [0.1, 0.15) is 12.1 Å². The van der Waals surface area contributed by atoms with E-state index in [4.69, 9.17) is 4.74 Å². The summed E-state index contributed by atoms with van der Waals surface area (Å²) in [6.45, 7) is 5.90. The van der Waals surface area contributed by atoms with Gasteiger partial charge < -0.3 is 15.4 Å². The summed E-state index contributed by atoms with van der Waals surface area (Å²) < 4.78 is 6.90. The molecular formula is C19H23N7O2. The number of urea groups is 1. The number of aryl methyl sites for hydroxylation is 2. The molecule has 0 saturated carbocycles. The molecule has 1 aromatic carbocycles. The second kappa shape index (κ2) is 8.47. The monoisotopic (exact) mass is 381 g/mol. The van der Waals surface area contributed by atoms with E-state index in [1.807, 2.05) is 26.0 Å². The number of anilines is 1. The first-order chi connectivity index (χ1) is 13.5. The van der Waals surface area contributed by atoms with E-state index in [2.05, 4.69) is 37.6 Å². The molecule has 1 atom stereocenters. The van der Waals surface area contributed by atoms with Gasteiger partial charge in [-0.15, -0.1) is 0 Å². The van der Waals surface area contributed by atoms with Crippen molar-refractivity contribution in [3.05, 3.63) is 53.9 Å². The molecule has 0 fully saturated rings. The fraction of sp³-hybridized carbons (Fsp3) is 0.316. The molecule has 2 amide bonds. The average molecular weight is 381 g/mol. The van der Waals surface area contributed by atoms with Gasteiger partial charge in [-0.3, -0.25) is 0 Å². The van der Waals surface area contributed by atoms with E-state index in [-0.39, 0.29) is 6.03 Å². The maximum Gasteiger partial charge on any atom is 0.319 e. The van der Waals surface area contributed by atoms with Gasteiger partial charge in [-0.05, 0) is 49.6 Å². The smallest absolute Gasteiger partial charge is 0.319 e. The summed E-state index contributed by atoms with van der Waals surface area (Å²) in [5, 5.41) is 9.84. The average Bonchev–Trinajstić information content (AvgIpc) is 3.19. The van der Waals surface area contributed by atoms with Crippen molar-refractivity contribution >= 4 is 11.7 Å². The van der Waals surface area contributed by atoms with Gasteiger partial charge in [0.15, 0.2) is 5.82 Å². The highest BCUT2D eigenvalue weighted by atomic mass is 16.5. The molecule has 146 valence electrons. The zero-order valence-electron chi connectivity index (χ0n) is 16.3. The van der Waals surface area contributed by atoms with Crippen LogP contribution in [0.15, 0.2) is 36.9 Å². The van der Waals surface area contributed by atoms with E-state index in [1.165, 1.54) is 16.6 Å². The van der Waals surface area contributed by atoms with Crippen LogP contribution >= 0.6 is 0 Å². The lowest BCUT2D eigenvalue weighted by Crippen LogP contribution is -2.33. The van der Waals surface area contributed by atoms with Gasteiger partial charge in [0.25, 0.3) is 5.95 Å². The molecule has 3 rings (SSSR count). The lowest BCUT2D eigenvalue weighted by molar-refractivity contribution is 0.248. The summed E-state index contributed by atoms with van der Waals surface area (Å²) in [6, 6.07) is 4.76. The summed E-state index contributed by atoms with van der Waals surface area (Å²) in [5.74, 6) is 1.52. The Balaban J connectivity index is 1.74. The summed E-state index contributed by atoms with van der Waals surface area (Å²) in [5.41, 5.74) is 2.87. The van der Waals surface area contributed by atoms with Gasteiger partial charge in [-0.1, -0.05) is 6.92 Å². The molecule has 2 N–H and O–H groups in total. The number of benzene rings is 1. The molecule has 0 aliphatic carbocycles. The van der Waals surface area contributed by atoms with Crippen LogP contribution in [0.2, 0.25) is 0 Å². The van der Waals surface area contributed by atoms with Crippen LogP contribution in [0.1, 0.15) is 36.8 Å². The molecule has 3 aromatic rings. The van der Waals surface area contributed by atoms with Crippen LogP contribution in [0, 0.1) is 6.92 Å². The molecular weight excluding hydrogens is 358 g/mol. The van der Waals surface area contributed by atoms with E-state index in [9.17, 15) is 4.79 Å². The fourth-order valence-corrected chi connectivity index (χ4v) is 2.90. The normalized spacial score (nSPS) is 11.7. The number of rotatable bonds is 6. The second-order valence-corrected chi connectivity index (χ2v) is 6.23. The third kappa shape index (κ3) is 4.08. The van der Waals surface area contributed by atoms with Crippen LogP contribution in [-0.4, -0.2) is 37.9 Å². The Morgan fingerprint density at radius 3 is 2.68 bits per heavy atom. The summed E-state index contributed by atoms with van der Waals surface area (Å²) in [6.07, 6.45) is 5.53. The Hall–Kier alpha value is -3.49. The highest BCUT2D eigenvalue weighted by Gasteiger charge is 2.19. The van der Waals surface area contributed by atoms with Crippen LogP contribution < -0.4 is 15.4 Å². The highest BCUT2D eigenvalue weighted by Crippen LogP contribution is 2.28. The van der Waals surface area contributed by atoms with Gasteiger partial charge in [0, 0.05) is 12.4 Å². The number of nitrogens with one attached hydrogen (secondary N) is 2. The number of methoxy groups -OCH3 is 1. The SMILES string of the molecule is CCc1cc(OC)c(NC(=O)NC(C)c2ncnn2-c2ncccn2)cc1C. The zero-order chi connectivity index (χ0) is 20.1. The third-order valence-electron chi connectivity index (χ3n) is 4.34. The Labute approximate surface area is 163 Å². The molecule has 1 unspecified atom stereocenters. The van der Waals surface area contributed by atoms with Crippen LogP contribution in [0.5, 0.6) is 5.75 Å². The molecule has 9 heteroatoms. The first kappa shape index (κ1) is 19.3. The quantitative estimate of drug-likeness (QED) is 0.680. The molecule has 0 aliphatic heterocycles. The molecule has 2 aromatic heterocycles. The highest BCUT2D eigenvalue weighted by molar-refractivity contribution is 5.91. The predicted octanol–water partition coefficient (Wildman–Crippen LogP) is 2.82. The standard InChI is InChI=1S/C19H23N7O2/c1-5-14-10-16(28-4)15(9-12(14)2)25-19(27)24-13(3)17-22-11-23-26(17)18-20-7-6-8-21-18/h6-11,13H,5H2,1-4H3,(H2,24,25,27).